The van der Waals surface area contributed by atoms with Gasteiger partial charge in [-0.05, 0) is 60.7 Å². The van der Waals surface area contributed by atoms with E-state index >= 15 is 0 Å². The first kappa shape index (κ1) is 27.4. The third-order valence-corrected chi connectivity index (χ3v) is 7.09. The van der Waals surface area contributed by atoms with Crippen molar-refractivity contribution in [1.82, 2.24) is 4.98 Å². The first-order valence-corrected chi connectivity index (χ1v) is 13.1. The van der Waals surface area contributed by atoms with E-state index in [1.54, 1.807) is 31.4 Å². The summed E-state index contributed by atoms with van der Waals surface area (Å²) in [5.74, 6) is -2.85. The number of carbonyl (C=O) groups excluding carboxylic acids is 2. The Balaban J connectivity index is 1.35. The van der Waals surface area contributed by atoms with E-state index in [-0.39, 0.29) is 22.8 Å². The summed E-state index contributed by atoms with van der Waals surface area (Å²) in [6, 6.07) is 17.4. The molecule has 0 saturated heterocycles. The van der Waals surface area contributed by atoms with Gasteiger partial charge >= 0.3 is 11.9 Å². The van der Waals surface area contributed by atoms with Crippen LogP contribution in [0.3, 0.4) is 0 Å². The number of aromatic carboxylic acids is 2. The zero-order chi connectivity index (χ0) is 27.9. The van der Waals surface area contributed by atoms with Crippen LogP contribution in [-0.4, -0.2) is 51.8 Å². The van der Waals surface area contributed by atoms with Crippen molar-refractivity contribution in [2.45, 2.75) is 4.90 Å². The number of carboxylic acids is 2. The second-order valence-corrected chi connectivity index (χ2v) is 9.86. The fourth-order valence-corrected chi connectivity index (χ4v) is 4.93. The van der Waals surface area contributed by atoms with Crippen molar-refractivity contribution < 1.29 is 34.1 Å². The fourth-order valence-electron chi connectivity index (χ4n) is 3.44. The van der Waals surface area contributed by atoms with Crippen molar-refractivity contribution in [1.29, 1.82) is 0 Å². The zero-order valence-corrected chi connectivity index (χ0v) is 22.0. The largest absolute Gasteiger partial charge is 0.497 e. The minimum absolute atomic E-state index is 0.0919. The molecular weight excluding hydrogens is 542 g/mol. The van der Waals surface area contributed by atoms with Gasteiger partial charge in [-0.3, -0.25) is 9.59 Å². The summed E-state index contributed by atoms with van der Waals surface area (Å²) >= 11 is 2.56. The number of nitrogens with one attached hydrogen (secondary N) is 2. The number of thiazole rings is 1. The number of carbonyl (C=O) groups is 4. The smallest absolute Gasteiger partial charge is 0.336 e. The van der Waals surface area contributed by atoms with Gasteiger partial charge in [-0.25, -0.2) is 14.6 Å². The molecule has 10 nitrogen and oxygen atoms in total. The van der Waals surface area contributed by atoms with Crippen LogP contribution in [-0.2, 0) is 4.79 Å². The number of hydrogen-bond acceptors (Lipinski definition) is 8. The van der Waals surface area contributed by atoms with E-state index < -0.39 is 23.4 Å². The Kier molecular flexibility index (Phi) is 8.59. The van der Waals surface area contributed by atoms with Crippen molar-refractivity contribution in [3.05, 3.63) is 88.8 Å². The summed E-state index contributed by atoms with van der Waals surface area (Å²) in [6.07, 6.45) is 0. The number of ether oxygens (including phenoxy) is 1. The maximum absolute atomic E-state index is 12.7. The van der Waals surface area contributed by atoms with Crippen molar-refractivity contribution >= 4 is 57.7 Å². The highest BCUT2D eigenvalue weighted by molar-refractivity contribution is 8.00. The first-order chi connectivity index (χ1) is 18.7. The van der Waals surface area contributed by atoms with Gasteiger partial charge in [0.05, 0.1) is 35.2 Å². The standard InChI is InChI=1S/C27H21N3O7S2/c1-37-18-8-5-15(6-9-18)22-13-39-27(29-22)30-23(31)14-38-19-4-2-3-17(12-19)28-24(32)20-10-7-16(25(33)34)11-21(20)26(35)36/h2-13H,14H2,1H3,(H,28,32)(H,33,34)(H,35,36)(H,29,30,31). The highest BCUT2D eigenvalue weighted by Crippen LogP contribution is 2.27. The van der Waals surface area contributed by atoms with Gasteiger partial charge in [0.1, 0.15) is 5.75 Å². The molecule has 0 radical (unpaired) electrons. The summed E-state index contributed by atoms with van der Waals surface area (Å²) < 4.78 is 5.16. The Bertz CT molecular complexity index is 1550. The van der Waals surface area contributed by atoms with E-state index in [4.69, 9.17) is 9.84 Å². The van der Waals surface area contributed by atoms with E-state index in [1.165, 1.54) is 23.1 Å². The number of rotatable bonds is 10. The van der Waals surface area contributed by atoms with Crippen LogP contribution in [0.15, 0.2) is 77.0 Å². The molecule has 1 aromatic heterocycles. The molecule has 39 heavy (non-hydrogen) atoms. The van der Waals surface area contributed by atoms with Crippen LogP contribution in [0, 0.1) is 0 Å². The van der Waals surface area contributed by atoms with Crippen LogP contribution >= 0.6 is 23.1 Å². The lowest BCUT2D eigenvalue weighted by Gasteiger charge is -2.10. The molecule has 0 fully saturated rings. The van der Waals surface area contributed by atoms with Gasteiger partial charge in [-0.2, -0.15) is 0 Å². The summed E-state index contributed by atoms with van der Waals surface area (Å²) in [4.78, 5) is 53.1. The van der Waals surface area contributed by atoms with E-state index in [0.29, 0.717) is 15.7 Å². The monoisotopic (exact) mass is 563 g/mol. The number of hydrogen-bond donors (Lipinski definition) is 4. The summed E-state index contributed by atoms with van der Waals surface area (Å²) in [7, 11) is 1.59. The van der Waals surface area contributed by atoms with E-state index in [0.717, 1.165) is 35.2 Å². The fraction of sp³-hybridized carbons (Fsp3) is 0.0741. The van der Waals surface area contributed by atoms with Gasteiger partial charge in [0.15, 0.2) is 5.13 Å². The number of thioether (sulfide) groups is 1. The van der Waals surface area contributed by atoms with E-state index in [2.05, 4.69) is 15.6 Å². The molecule has 4 rings (SSSR count). The van der Waals surface area contributed by atoms with Crippen LogP contribution in [0.2, 0.25) is 0 Å². The molecule has 4 aromatic rings. The first-order valence-electron chi connectivity index (χ1n) is 11.3. The maximum atomic E-state index is 12.7. The molecule has 0 saturated carbocycles. The Morgan fingerprint density at radius 1 is 0.923 bits per heavy atom. The van der Waals surface area contributed by atoms with Crippen LogP contribution in [0.4, 0.5) is 10.8 Å². The average Bonchev–Trinajstić information content (AvgIpc) is 3.40. The van der Waals surface area contributed by atoms with Gasteiger partial charge in [0.2, 0.25) is 5.91 Å². The van der Waals surface area contributed by atoms with Crippen LogP contribution in [0.25, 0.3) is 11.3 Å². The Labute approximate surface area is 230 Å². The molecule has 198 valence electrons. The van der Waals surface area contributed by atoms with Gasteiger partial charge in [0, 0.05) is 21.5 Å². The predicted octanol–water partition coefficient (Wildman–Crippen LogP) is 5.20. The Morgan fingerprint density at radius 2 is 1.69 bits per heavy atom. The highest BCUT2D eigenvalue weighted by Gasteiger charge is 2.19. The third-order valence-electron chi connectivity index (χ3n) is 5.34. The predicted molar refractivity (Wildman–Crippen MR) is 148 cm³/mol. The van der Waals surface area contributed by atoms with Gasteiger partial charge in [-0.1, -0.05) is 6.07 Å². The molecule has 2 amide bonds. The molecule has 0 aliphatic rings. The van der Waals surface area contributed by atoms with Gasteiger partial charge in [-0.15, -0.1) is 23.1 Å². The third kappa shape index (κ3) is 7.00. The number of aromatic nitrogens is 1. The minimum atomic E-state index is -1.42. The minimum Gasteiger partial charge on any atom is -0.497 e. The van der Waals surface area contributed by atoms with Crippen molar-refractivity contribution in [2.75, 3.05) is 23.5 Å². The van der Waals surface area contributed by atoms with Gasteiger partial charge < -0.3 is 25.6 Å². The van der Waals surface area contributed by atoms with E-state index in [9.17, 15) is 24.3 Å². The highest BCUT2D eigenvalue weighted by atomic mass is 32.2. The summed E-state index contributed by atoms with van der Waals surface area (Å²) in [5, 5.41) is 26.2. The van der Waals surface area contributed by atoms with E-state index in [1.807, 2.05) is 29.6 Å². The molecule has 3 aromatic carbocycles. The lowest BCUT2D eigenvalue weighted by Crippen LogP contribution is -2.17. The molecule has 0 atom stereocenters. The topological polar surface area (TPSA) is 155 Å². The molecule has 0 unspecified atom stereocenters. The number of anilines is 2. The lowest BCUT2D eigenvalue weighted by molar-refractivity contribution is -0.113. The summed E-state index contributed by atoms with van der Waals surface area (Å²) in [5.41, 5.74) is 1.17. The molecule has 12 heteroatoms. The van der Waals surface area contributed by atoms with Crippen LogP contribution in [0.5, 0.6) is 5.75 Å². The molecule has 0 spiro atoms. The molecular formula is C27H21N3O7S2. The number of amides is 2. The normalized spacial score (nSPS) is 10.5. The molecule has 1 heterocycles. The average molecular weight is 564 g/mol. The molecule has 0 bridgehead atoms. The number of methoxy groups -OCH3 is 1. The zero-order valence-electron chi connectivity index (χ0n) is 20.3. The SMILES string of the molecule is COc1ccc(-c2csc(NC(=O)CSc3cccc(NC(=O)c4ccc(C(=O)O)cc4C(=O)O)c3)n2)cc1. The molecule has 4 N–H and O–H groups in total. The summed E-state index contributed by atoms with van der Waals surface area (Å²) in [6.45, 7) is 0. The van der Waals surface area contributed by atoms with Crippen LogP contribution in [0.1, 0.15) is 31.1 Å². The Morgan fingerprint density at radius 3 is 2.38 bits per heavy atom. The van der Waals surface area contributed by atoms with Crippen molar-refractivity contribution in [3.63, 3.8) is 0 Å². The van der Waals surface area contributed by atoms with Crippen LogP contribution < -0.4 is 15.4 Å². The van der Waals surface area contributed by atoms with Gasteiger partial charge in [0.25, 0.3) is 5.91 Å². The lowest BCUT2D eigenvalue weighted by atomic mass is 10.0. The quantitative estimate of drug-likeness (QED) is 0.191. The number of nitrogens with zero attached hydrogens (tertiary/aromatic N) is 1. The van der Waals surface area contributed by atoms with Crippen molar-refractivity contribution in [2.24, 2.45) is 0 Å². The van der Waals surface area contributed by atoms with Crippen molar-refractivity contribution in [3.8, 4) is 17.0 Å². The second kappa shape index (κ2) is 12.2. The molecule has 0 aliphatic heterocycles. The molecule has 0 aliphatic carbocycles. The second-order valence-electron chi connectivity index (χ2n) is 7.96. The Hall–Kier alpha value is -4.68. The number of carboxylic acid groups (broad SMARTS) is 2. The maximum Gasteiger partial charge on any atom is 0.336 e. The number of benzene rings is 3.